The first-order chi connectivity index (χ1) is 11.2. The topological polar surface area (TPSA) is 29.1 Å². The summed E-state index contributed by atoms with van der Waals surface area (Å²) in [6, 6.07) is 14.6. The molecule has 0 radical (unpaired) electrons. The van der Waals surface area contributed by atoms with Crippen LogP contribution in [0.1, 0.15) is 64.8 Å². The third kappa shape index (κ3) is 3.64. The maximum Gasteiger partial charge on any atom is 0.251 e. The first-order valence-corrected chi connectivity index (χ1v) is 8.66. The highest BCUT2D eigenvalue weighted by Crippen LogP contribution is 2.26. The fraction of sp³-hybridized carbons (Fsp3) is 0.381. The third-order valence-electron chi connectivity index (χ3n) is 4.77. The lowest BCUT2D eigenvalue weighted by Gasteiger charge is -2.22. The van der Waals surface area contributed by atoms with Crippen LogP contribution in [-0.4, -0.2) is 5.91 Å². The number of hydrogen-bond acceptors (Lipinski definition) is 1. The molecule has 1 atom stereocenters. The van der Waals surface area contributed by atoms with E-state index in [9.17, 15) is 4.79 Å². The van der Waals surface area contributed by atoms with Crippen molar-refractivity contribution in [3.63, 3.8) is 0 Å². The van der Waals surface area contributed by atoms with Crippen molar-refractivity contribution in [3.8, 4) is 0 Å². The first kappa shape index (κ1) is 15.8. The van der Waals surface area contributed by atoms with Crippen molar-refractivity contribution in [2.45, 2.75) is 52.0 Å². The fourth-order valence-corrected chi connectivity index (χ4v) is 3.42. The second-order valence-electron chi connectivity index (χ2n) is 6.54. The van der Waals surface area contributed by atoms with Gasteiger partial charge in [0.1, 0.15) is 0 Å². The smallest absolute Gasteiger partial charge is 0.251 e. The van der Waals surface area contributed by atoms with E-state index >= 15 is 0 Å². The number of fused-ring (bicyclic) bond motifs is 1. The van der Waals surface area contributed by atoms with E-state index in [0.29, 0.717) is 0 Å². The van der Waals surface area contributed by atoms with E-state index in [0.717, 1.165) is 17.5 Å². The van der Waals surface area contributed by atoms with Crippen LogP contribution in [-0.2, 0) is 12.8 Å². The molecule has 1 N–H and O–H groups in total. The zero-order valence-electron chi connectivity index (χ0n) is 14.1. The van der Waals surface area contributed by atoms with Crippen molar-refractivity contribution in [2.24, 2.45) is 0 Å². The first-order valence-electron chi connectivity index (χ1n) is 8.66. The minimum absolute atomic E-state index is 0.0123. The highest BCUT2D eigenvalue weighted by molar-refractivity contribution is 5.94. The average Bonchev–Trinajstić information content (AvgIpc) is 2.59. The van der Waals surface area contributed by atoms with E-state index in [2.05, 4.69) is 30.4 Å². The maximum atomic E-state index is 12.5. The van der Waals surface area contributed by atoms with Crippen molar-refractivity contribution < 1.29 is 4.79 Å². The SMILES string of the molecule is CC[C@H](NC(=O)c1cccc(C)c1)c1ccc2c(c1)CCCC2. The Morgan fingerprint density at radius 2 is 1.87 bits per heavy atom. The quantitative estimate of drug-likeness (QED) is 0.867. The van der Waals surface area contributed by atoms with Gasteiger partial charge in [-0.2, -0.15) is 0 Å². The summed E-state index contributed by atoms with van der Waals surface area (Å²) < 4.78 is 0. The third-order valence-corrected chi connectivity index (χ3v) is 4.77. The van der Waals surface area contributed by atoms with Gasteiger partial charge < -0.3 is 5.32 Å². The summed E-state index contributed by atoms with van der Waals surface area (Å²) in [6.07, 6.45) is 5.85. The predicted molar refractivity (Wildman–Crippen MR) is 94.8 cm³/mol. The number of rotatable bonds is 4. The number of amides is 1. The molecule has 0 aliphatic heterocycles. The van der Waals surface area contributed by atoms with Crippen LogP contribution in [0, 0.1) is 6.92 Å². The zero-order valence-corrected chi connectivity index (χ0v) is 14.1. The van der Waals surface area contributed by atoms with Crippen LogP contribution in [0.4, 0.5) is 0 Å². The highest BCUT2D eigenvalue weighted by Gasteiger charge is 2.17. The molecular weight excluding hydrogens is 282 g/mol. The molecular formula is C21H25NO. The van der Waals surface area contributed by atoms with Crippen LogP contribution in [0.25, 0.3) is 0 Å². The molecule has 0 heterocycles. The number of carbonyl (C=O) groups excluding carboxylic acids is 1. The van der Waals surface area contributed by atoms with Crippen LogP contribution in [0.15, 0.2) is 42.5 Å². The van der Waals surface area contributed by atoms with Gasteiger partial charge in [-0.05, 0) is 67.9 Å². The molecule has 0 spiro atoms. The van der Waals surface area contributed by atoms with Crippen LogP contribution >= 0.6 is 0 Å². The molecule has 1 amide bonds. The summed E-state index contributed by atoms with van der Waals surface area (Å²) in [5.74, 6) is 0.0123. The number of nitrogens with one attached hydrogen (secondary N) is 1. The lowest BCUT2D eigenvalue weighted by molar-refractivity contribution is 0.0935. The van der Waals surface area contributed by atoms with Gasteiger partial charge in [-0.1, -0.05) is 42.8 Å². The lowest BCUT2D eigenvalue weighted by Crippen LogP contribution is -2.28. The van der Waals surface area contributed by atoms with Gasteiger partial charge in [0.05, 0.1) is 6.04 Å². The average molecular weight is 307 g/mol. The summed E-state index contributed by atoms with van der Waals surface area (Å²) in [5.41, 5.74) is 6.03. The standard InChI is InChI=1S/C21H25NO/c1-3-20(22-21(23)19-10-6-7-15(2)13-19)18-12-11-16-8-4-5-9-17(16)14-18/h6-7,10-14,20H,3-5,8-9H2,1-2H3,(H,22,23)/t20-/m0/s1. The monoisotopic (exact) mass is 307 g/mol. The summed E-state index contributed by atoms with van der Waals surface area (Å²) in [7, 11) is 0. The van der Waals surface area contributed by atoms with Gasteiger partial charge in [0, 0.05) is 5.56 Å². The van der Waals surface area contributed by atoms with E-state index in [-0.39, 0.29) is 11.9 Å². The van der Waals surface area contributed by atoms with Gasteiger partial charge in [-0.3, -0.25) is 4.79 Å². The van der Waals surface area contributed by atoms with Gasteiger partial charge in [0.2, 0.25) is 0 Å². The van der Waals surface area contributed by atoms with E-state index in [1.165, 1.54) is 42.4 Å². The molecule has 1 aliphatic rings. The summed E-state index contributed by atoms with van der Waals surface area (Å²) in [4.78, 5) is 12.5. The molecule has 2 aromatic carbocycles. The van der Waals surface area contributed by atoms with Crippen LogP contribution in [0.3, 0.4) is 0 Å². The fourth-order valence-electron chi connectivity index (χ4n) is 3.42. The number of carbonyl (C=O) groups is 1. The Morgan fingerprint density at radius 3 is 2.61 bits per heavy atom. The second-order valence-corrected chi connectivity index (χ2v) is 6.54. The zero-order chi connectivity index (χ0) is 16.2. The molecule has 1 aliphatic carbocycles. The molecule has 120 valence electrons. The van der Waals surface area contributed by atoms with Crippen molar-refractivity contribution in [3.05, 3.63) is 70.3 Å². The van der Waals surface area contributed by atoms with Crippen LogP contribution in [0.5, 0.6) is 0 Å². The molecule has 0 aromatic heterocycles. The Bertz CT molecular complexity index is 705. The Labute approximate surface area is 138 Å². The second kappa shape index (κ2) is 6.99. The van der Waals surface area contributed by atoms with Gasteiger partial charge in [-0.15, -0.1) is 0 Å². The highest BCUT2D eigenvalue weighted by atomic mass is 16.1. The maximum absolute atomic E-state index is 12.5. The van der Waals surface area contributed by atoms with Gasteiger partial charge in [0.15, 0.2) is 0 Å². The van der Waals surface area contributed by atoms with Crippen molar-refractivity contribution in [1.82, 2.24) is 5.32 Å². The molecule has 0 saturated heterocycles. The number of aryl methyl sites for hydroxylation is 3. The van der Waals surface area contributed by atoms with Gasteiger partial charge in [-0.25, -0.2) is 0 Å². The molecule has 3 rings (SSSR count). The van der Waals surface area contributed by atoms with Crippen molar-refractivity contribution >= 4 is 5.91 Å². The van der Waals surface area contributed by atoms with E-state index in [1.54, 1.807) is 0 Å². The molecule has 0 saturated carbocycles. The van der Waals surface area contributed by atoms with E-state index < -0.39 is 0 Å². The molecule has 2 heteroatoms. The normalized spacial score (nSPS) is 14.9. The van der Waals surface area contributed by atoms with Gasteiger partial charge >= 0.3 is 0 Å². The van der Waals surface area contributed by atoms with Gasteiger partial charge in [0.25, 0.3) is 5.91 Å². The Balaban J connectivity index is 1.78. The Kier molecular flexibility index (Phi) is 4.80. The summed E-state index contributed by atoms with van der Waals surface area (Å²) in [6.45, 7) is 4.14. The molecule has 2 aromatic rings. The molecule has 0 unspecified atom stereocenters. The minimum Gasteiger partial charge on any atom is -0.345 e. The van der Waals surface area contributed by atoms with Crippen molar-refractivity contribution in [2.75, 3.05) is 0 Å². The summed E-state index contributed by atoms with van der Waals surface area (Å²) >= 11 is 0. The Morgan fingerprint density at radius 1 is 1.09 bits per heavy atom. The van der Waals surface area contributed by atoms with E-state index in [1.807, 2.05) is 31.2 Å². The van der Waals surface area contributed by atoms with Crippen LogP contribution < -0.4 is 5.32 Å². The largest absolute Gasteiger partial charge is 0.345 e. The number of hydrogen-bond donors (Lipinski definition) is 1. The Hall–Kier alpha value is -2.09. The molecule has 23 heavy (non-hydrogen) atoms. The van der Waals surface area contributed by atoms with E-state index in [4.69, 9.17) is 0 Å². The predicted octanol–water partition coefficient (Wildman–Crippen LogP) is 4.75. The summed E-state index contributed by atoms with van der Waals surface area (Å²) in [5, 5.41) is 3.19. The molecule has 2 nitrogen and oxygen atoms in total. The lowest BCUT2D eigenvalue weighted by atomic mass is 9.88. The van der Waals surface area contributed by atoms with Crippen LogP contribution in [0.2, 0.25) is 0 Å². The molecule has 0 bridgehead atoms. The minimum atomic E-state index is 0.0123. The number of benzene rings is 2. The van der Waals surface area contributed by atoms with Crippen molar-refractivity contribution in [1.29, 1.82) is 0 Å². The molecule has 0 fully saturated rings.